The average Bonchev–Trinajstić information content (AvgIpc) is 2.77. The van der Waals surface area contributed by atoms with E-state index in [-0.39, 0.29) is 11.3 Å². The Labute approximate surface area is 175 Å². The maximum absolute atomic E-state index is 13.5. The van der Waals surface area contributed by atoms with Gasteiger partial charge in [0.2, 0.25) is 6.29 Å². The topological polar surface area (TPSA) is 130 Å². The fourth-order valence-corrected chi connectivity index (χ4v) is 3.02. The minimum absolute atomic E-state index is 0.213. The van der Waals surface area contributed by atoms with E-state index in [1.54, 1.807) is 30.3 Å². The van der Waals surface area contributed by atoms with Crippen LogP contribution in [0.15, 0.2) is 52.6 Å². The van der Waals surface area contributed by atoms with Gasteiger partial charge in [-0.25, -0.2) is 13.2 Å². The number of hydrogen-bond donors (Lipinski definition) is 4. The van der Waals surface area contributed by atoms with E-state index < -0.39 is 54.7 Å². The average molecular weight is 439 g/mol. The lowest BCUT2D eigenvalue weighted by Gasteiger charge is -2.40. The highest BCUT2D eigenvalue weighted by Gasteiger charge is 2.45. The summed E-state index contributed by atoms with van der Waals surface area (Å²) in [6.45, 7) is -0.596. The third kappa shape index (κ3) is 5.02. The number of aliphatic hydroxyl groups excluding tert-OH is 3. The van der Waals surface area contributed by atoms with E-state index in [1.165, 1.54) is 0 Å². The van der Waals surface area contributed by atoms with Gasteiger partial charge in [-0.15, -0.1) is 0 Å². The number of benzene rings is 2. The first-order valence-corrected chi connectivity index (χ1v) is 9.15. The predicted molar refractivity (Wildman–Crippen MR) is 104 cm³/mol. The van der Waals surface area contributed by atoms with Gasteiger partial charge in [0.1, 0.15) is 35.8 Å². The van der Waals surface area contributed by atoms with Gasteiger partial charge in [-0.1, -0.05) is 18.2 Å². The van der Waals surface area contributed by atoms with Crippen LogP contribution in [-0.2, 0) is 4.74 Å². The second-order valence-electron chi connectivity index (χ2n) is 6.67. The van der Waals surface area contributed by atoms with Crippen LogP contribution in [0, 0.1) is 17.5 Å². The molecule has 1 saturated heterocycles. The molecule has 2 aromatic rings. The van der Waals surface area contributed by atoms with E-state index in [0.717, 1.165) is 6.21 Å². The Balaban J connectivity index is 1.85. The molecule has 166 valence electrons. The number of nitrogens with zero attached hydrogens (tertiary/aromatic N) is 2. The van der Waals surface area contributed by atoms with Gasteiger partial charge < -0.3 is 30.6 Å². The molecule has 5 N–H and O–H groups in total. The highest BCUT2D eigenvalue weighted by atomic mass is 19.2. The minimum Gasteiger partial charge on any atom is -0.462 e. The third-order valence-corrected chi connectivity index (χ3v) is 4.63. The molecule has 0 radical (unpaired) electrons. The van der Waals surface area contributed by atoms with Crippen LogP contribution < -0.4 is 10.6 Å². The first-order chi connectivity index (χ1) is 14.8. The molecule has 1 heterocycles. The number of halogens is 3. The smallest absolute Gasteiger partial charge is 0.228 e. The number of aliphatic hydroxyl groups is 3. The van der Waals surface area contributed by atoms with Gasteiger partial charge in [-0.05, 0) is 24.3 Å². The molecule has 0 bridgehead atoms. The van der Waals surface area contributed by atoms with E-state index in [0.29, 0.717) is 17.9 Å². The van der Waals surface area contributed by atoms with Crippen molar-refractivity contribution in [3.63, 3.8) is 0 Å². The predicted octanol–water partition coefficient (Wildman–Crippen LogP) is 0.724. The van der Waals surface area contributed by atoms with Crippen LogP contribution in [-0.4, -0.2) is 64.5 Å². The Morgan fingerprint density at radius 3 is 2.32 bits per heavy atom. The molecule has 0 amide bonds. The summed E-state index contributed by atoms with van der Waals surface area (Å²) in [5.41, 5.74) is -0.459. The Bertz CT molecular complexity index is 937. The zero-order valence-electron chi connectivity index (χ0n) is 16.0. The third-order valence-electron chi connectivity index (χ3n) is 4.63. The molecule has 0 spiro atoms. The Morgan fingerprint density at radius 1 is 1.10 bits per heavy atom. The van der Waals surface area contributed by atoms with Gasteiger partial charge in [-0.3, -0.25) is 4.99 Å². The minimum atomic E-state index is -1.65. The van der Waals surface area contributed by atoms with E-state index in [2.05, 4.69) is 10.1 Å². The summed E-state index contributed by atoms with van der Waals surface area (Å²) in [5.74, 6) is 1.06. The van der Waals surface area contributed by atoms with E-state index in [9.17, 15) is 28.5 Å². The number of rotatable bonds is 6. The van der Waals surface area contributed by atoms with Crippen molar-refractivity contribution in [2.24, 2.45) is 15.9 Å². The maximum atomic E-state index is 13.5. The Kier molecular flexibility index (Phi) is 7.23. The molecular weight excluding hydrogens is 419 g/mol. The van der Waals surface area contributed by atoms with Crippen LogP contribution in [0.2, 0.25) is 0 Å². The van der Waals surface area contributed by atoms with Crippen LogP contribution in [0.4, 0.5) is 13.2 Å². The van der Waals surface area contributed by atoms with Gasteiger partial charge in [0.15, 0.2) is 17.5 Å². The van der Waals surface area contributed by atoms with Crippen molar-refractivity contribution >= 4 is 11.9 Å². The quantitative estimate of drug-likeness (QED) is 0.227. The van der Waals surface area contributed by atoms with Gasteiger partial charge in [-0.2, -0.15) is 5.10 Å². The number of hydrogen-bond acceptors (Lipinski definition) is 8. The fraction of sp³-hybridized carbons (Fsp3) is 0.300. The second kappa shape index (κ2) is 9.88. The van der Waals surface area contributed by atoms with Crippen molar-refractivity contribution in [1.29, 1.82) is 0 Å². The molecule has 1 fully saturated rings. The summed E-state index contributed by atoms with van der Waals surface area (Å²) in [4.78, 5) is 4.02. The molecular formula is C20H20F3N3O5. The number of hydrazone groups is 1. The molecule has 3 rings (SSSR count). The van der Waals surface area contributed by atoms with Gasteiger partial charge in [0, 0.05) is 11.8 Å². The number of aliphatic imine (C=N–C) groups is 1. The fourth-order valence-electron chi connectivity index (χ4n) is 3.02. The van der Waals surface area contributed by atoms with Crippen molar-refractivity contribution in [2.45, 2.75) is 30.6 Å². The van der Waals surface area contributed by atoms with Gasteiger partial charge in [0.25, 0.3) is 0 Å². The van der Waals surface area contributed by atoms with Crippen LogP contribution in [0.5, 0.6) is 5.75 Å². The van der Waals surface area contributed by atoms with Crippen LogP contribution in [0.25, 0.3) is 0 Å². The molecule has 8 nitrogen and oxygen atoms in total. The zero-order valence-corrected chi connectivity index (χ0v) is 16.0. The highest BCUT2D eigenvalue weighted by molar-refractivity contribution is 6.38. The van der Waals surface area contributed by atoms with Gasteiger partial charge >= 0.3 is 0 Å². The Morgan fingerprint density at radius 2 is 1.74 bits per heavy atom. The SMILES string of the molecule is NN=C(C=NC1C(O)[C@@H](Oc2ccccc2)O[C@@H](CO)[C@@H]1O)c1cc(F)c(F)c(F)c1. The molecule has 5 atom stereocenters. The summed E-state index contributed by atoms with van der Waals surface area (Å²) in [6.07, 6.45) is -4.41. The zero-order chi connectivity index (χ0) is 22.5. The molecule has 11 heteroatoms. The number of ether oxygens (including phenoxy) is 2. The highest BCUT2D eigenvalue weighted by Crippen LogP contribution is 2.26. The maximum Gasteiger partial charge on any atom is 0.228 e. The normalized spacial score (nSPS) is 26.9. The van der Waals surface area contributed by atoms with Crippen LogP contribution in [0.3, 0.4) is 0 Å². The van der Waals surface area contributed by atoms with E-state index in [4.69, 9.17) is 15.3 Å². The second-order valence-corrected chi connectivity index (χ2v) is 6.67. The standard InChI is InChI=1S/C20H20F3N3O5/c21-12-6-10(7-13(22)16(12)23)14(26-24)8-25-17-18(28)15(9-27)31-20(19(17)29)30-11-4-2-1-3-5-11/h1-8,15,17-20,27-29H,9,24H2/t15-,17?,18-,19?,20-/m0/s1. The molecule has 0 aliphatic carbocycles. The largest absolute Gasteiger partial charge is 0.462 e. The summed E-state index contributed by atoms with van der Waals surface area (Å²) >= 11 is 0. The van der Waals surface area contributed by atoms with Crippen molar-refractivity contribution in [3.05, 3.63) is 65.5 Å². The molecule has 0 saturated carbocycles. The molecule has 31 heavy (non-hydrogen) atoms. The van der Waals surface area contributed by atoms with Crippen molar-refractivity contribution in [1.82, 2.24) is 0 Å². The van der Waals surface area contributed by atoms with Crippen molar-refractivity contribution in [2.75, 3.05) is 6.61 Å². The summed E-state index contributed by atoms with van der Waals surface area (Å²) in [5, 5.41) is 33.9. The van der Waals surface area contributed by atoms with Crippen LogP contribution >= 0.6 is 0 Å². The number of nitrogens with two attached hydrogens (primary N) is 1. The first kappa shape index (κ1) is 22.7. The first-order valence-electron chi connectivity index (χ1n) is 9.15. The van der Waals surface area contributed by atoms with Crippen LogP contribution in [0.1, 0.15) is 5.56 Å². The number of para-hydroxylation sites is 1. The van der Waals surface area contributed by atoms with E-state index in [1.807, 2.05) is 0 Å². The van der Waals surface area contributed by atoms with Crippen molar-refractivity contribution in [3.8, 4) is 5.75 Å². The lowest BCUT2D eigenvalue weighted by molar-refractivity contribution is -0.247. The molecule has 2 unspecified atom stereocenters. The molecule has 1 aliphatic rings. The molecule has 1 aliphatic heterocycles. The lowest BCUT2D eigenvalue weighted by Crippen LogP contribution is -2.59. The van der Waals surface area contributed by atoms with E-state index >= 15 is 0 Å². The summed E-state index contributed by atoms with van der Waals surface area (Å²) in [6, 6.07) is 8.45. The summed E-state index contributed by atoms with van der Waals surface area (Å²) < 4.78 is 51.2. The van der Waals surface area contributed by atoms with Crippen molar-refractivity contribution < 1.29 is 38.0 Å². The summed E-state index contributed by atoms with van der Waals surface area (Å²) in [7, 11) is 0. The Hall–Kier alpha value is -2.99. The monoisotopic (exact) mass is 439 g/mol. The molecule has 0 aromatic heterocycles. The molecule has 2 aromatic carbocycles. The lowest BCUT2D eigenvalue weighted by atomic mass is 9.96. The van der Waals surface area contributed by atoms with Gasteiger partial charge in [0.05, 0.1) is 6.61 Å².